The maximum atomic E-state index is 11.0. The number of pyridine rings is 1. The molecule has 0 aromatic carbocycles. The summed E-state index contributed by atoms with van der Waals surface area (Å²) in [5.74, 6) is -0.252. The minimum Gasteiger partial charge on any atom is -0.461 e. The molecule has 1 aromatic heterocycles. The zero-order chi connectivity index (χ0) is 9.68. The molecule has 13 heavy (non-hydrogen) atoms. The van der Waals surface area contributed by atoms with Gasteiger partial charge in [-0.2, -0.15) is 4.57 Å². The summed E-state index contributed by atoms with van der Waals surface area (Å²) in [6.45, 7) is 2.39. The van der Waals surface area contributed by atoms with E-state index in [2.05, 4.69) is 0 Å². The fourth-order valence-electron chi connectivity index (χ4n) is 0.996. The summed E-state index contributed by atoms with van der Waals surface area (Å²) in [5.41, 5.74) is 6.17. The van der Waals surface area contributed by atoms with E-state index < -0.39 is 0 Å². The Bertz CT molecular complexity index is 299. The number of nitrogens with zero attached hydrogens (tertiary/aromatic N) is 1. The lowest BCUT2D eigenvalue weighted by Gasteiger charge is -1.98. The van der Waals surface area contributed by atoms with Gasteiger partial charge in [-0.25, -0.2) is 4.79 Å². The first kappa shape index (κ1) is 9.51. The van der Waals surface area contributed by atoms with Gasteiger partial charge < -0.3 is 10.5 Å². The molecule has 0 fully saturated rings. The number of esters is 1. The lowest BCUT2D eigenvalue weighted by molar-refractivity contribution is -0.685. The van der Waals surface area contributed by atoms with Gasteiger partial charge in [0.15, 0.2) is 12.4 Å². The molecule has 1 rings (SSSR count). The molecule has 0 unspecified atom stereocenters. The second kappa shape index (κ2) is 4.45. The summed E-state index contributed by atoms with van der Waals surface area (Å²) in [5, 5.41) is 0. The normalized spacial score (nSPS) is 9.62. The Kier molecular flexibility index (Phi) is 3.25. The maximum Gasteiger partial charge on any atom is 0.372 e. The van der Waals surface area contributed by atoms with Crippen LogP contribution in [0.2, 0.25) is 0 Å². The Hall–Kier alpha value is -1.58. The Morgan fingerprint density at radius 1 is 1.69 bits per heavy atom. The minimum absolute atomic E-state index is 0.207. The highest BCUT2D eigenvalue weighted by Gasteiger charge is 2.09. The Labute approximate surface area is 76.9 Å². The van der Waals surface area contributed by atoms with Crippen LogP contribution in [-0.4, -0.2) is 12.6 Å². The number of anilines is 1. The molecule has 0 aliphatic rings. The topological polar surface area (TPSA) is 56.2 Å². The van der Waals surface area contributed by atoms with Gasteiger partial charge in [-0.3, -0.25) is 0 Å². The number of carbonyl (C=O) groups excluding carboxylic acids is 1. The fraction of sp³-hybridized carbons (Fsp3) is 0.333. The average Bonchev–Trinajstić information content (AvgIpc) is 2.04. The zero-order valence-corrected chi connectivity index (χ0v) is 7.56. The first-order chi connectivity index (χ1) is 6.22. The van der Waals surface area contributed by atoms with Crippen molar-refractivity contribution >= 4 is 11.7 Å². The van der Waals surface area contributed by atoms with E-state index in [4.69, 9.17) is 10.5 Å². The van der Waals surface area contributed by atoms with Crippen molar-refractivity contribution in [2.45, 2.75) is 13.5 Å². The molecule has 0 amide bonds. The van der Waals surface area contributed by atoms with Gasteiger partial charge in [0.25, 0.3) is 0 Å². The molecular weight excluding hydrogens is 168 g/mol. The van der Waals surface area contributed by atoms with Crippen molar-refractivity contribution in [2.75, 3.05) is 12.3 Å². The minimum atomic E-state index is -0.252. The number of carbonyl (C=O) groups is 1. The second-order valence-corrected chi connectivity index (χ2v) is 2.61. The van der Waals surface area contributed by atoms with E-state index in [1.54, 1.807) is 36.0 Å². The summed E-state index contributed by atoms with van der Waals surface area (Å²) in [6, 6.07) is 3.55. The molecule has 0 aliphatic heterocycles. The van der Waals surface area contributed by atoms with Crippen molar-refractivity contribution in [3.63, 3.8) is 0 Å². The molecular formula is C9H13N2O2+. The van der Waals surface area contributed by atoms with Crippen LogP contribution in [0.5, 0.6) is 0 Å². The SMILES string of the molecule is CCOC(=O)C[n+]1cccc(N)c1. The Morgan fingerprint density at radius 3 is 3.08 bits per heavy atom. The first-order valence-electron chi connectivity index (χ1n) is 4.12. The van der Waals surface area contributed by atoms with Crippen LogP contribution in [0.4, 0.5) is 5.69 Å². The van der Waals surface area contributed by atoms with Gasteiger partial charge in [-0.1, -0.05) is 0 Å². The number of ether oxygens (including phenoxy) is 1. The van der Waals surface area contributed by atoms with Crippen LogP contribution in [0.15, 0.2) is 24.5 Å². The van der Waals surface area contributed by atoms with E-state index in [1.165, 1.54) is 0 Å². The predicted octanol–water partition coefficient (Wildman–Crippen LogP) is 0.119. The standard InChI is InChI=1S/C9H13N2O2/c1-2-13-9(12)7-11-5-3-4-8(10)6-11/h3-6H,2,7,10H2,1H3/q+1. The van der Waals surface area contributed by atoms with E-state index in [-0.39, 0.29) is 12.5 Å². The molecule has 70 valence electrons. The number of hydrogen-bond acceptors (Lipinski definition) is 3. The van der Waals surface area contributed by atoms with Gasteiger partial charge in [0.2, 0.25) is 6.54 Å². The van der Waals surface area contributed by atoms with Crippen molar-refractivity contribution in [1.29, 1.82) is 0 Å². The van der Waals surface area contributed by atoms with Crippen molar-refractivity contribution < 1.29 is 14.1 Å². The van der Waals surface area contributed by atoms with Crippen LogP contribution >= 0.6 is 0 Å². The molecule has 0 saturated heterocycles. The number of aromatic nitrogens is 1. The van der Waals surface area contributed by atoms with E-state index in [1.807, 2.05) is 0 Å². The summed E-state index contributed by atoms with van der Waals surface area (Å²) in [7, 11) is 0. The van der Waals surface area contributed by atoms with Crippen LogP contribution < -0.4 is 10.3 Å². The van der Waals surface area contributed by atoms with Crippen molar-refractivity contribution in [3.8, 4) is 0 Å². The first-order valence-corrected chi connectivity index (χ1v) is 4.12. The van der Waals surface area contributed by atoms with Gasteiger partial charge in [0.05, 0.1) is 12.3 Å². The van der Waals surface area contributed by atoms with Gasteiger partial charge in [-0.05, 0) is 13.0 Å². The lowest BCUT2D eigenvalue weighted by atomic mass is 10.4. The monoisotopic (exact) mass is 181 g/mol. The Morgan fingerprint density at radius 2 is 2.46 bits per heavy atom. The zero-order valence-electron chi connectivity index (χ0n) is 7.56. The number of nitrogen functional groups attached to an aromatic ring is 1. The van der Waals surface area contributed by atoms with E-state index >= 15 is 0 Å². The van der Waals surface area contributed by atoms with E-state index in [0.717, 1.165) is 0 Å². The van der Waals surface area contributed by atoms with Crippen molar-refractivity contribution in [2.24, 2.45) is 0 Å². The van der Waals surface area contributed by atoms with Crippen LogP contribution in [-0.2, 0) is 16.1 Å². The molecule has 4 nitrogen and oxygen atoms in total. The van der Waals surface area contributed by atoms with Crippen LogP contribution in [0.3, 0.4) is 0 Å². The van der Waals surface area contributed by atoms with Gasteiger partial charge in [0, 0.05) is 6.07 Å². The van der Waals surface area contributed by atoms with E-state index in [9.17, 15) is 4.79 Å². The highest BCUT2D eigenvalue weighted by molar-refractivity contribution is 5.67. The predicted molar refractivity (Wildman–Crippen MR) is 47.7 cm³/mol. The molecule has 0 aliphatic carbocycles. The van der Waals surface area contributed by atoms with Crippen molar-refractivity contribution in [3.05, 3.63) is 24.5 Å². The fourth-order valence-corrected chi connectivity index (χ4v) is 0.996. The summed E-state index contributed by atoms with van der Waals surface area (Å²) >= 11 is 0. The highest BCUT2D eigenvalue weighted by Crippen LogP contribution is 1.92. The van der Waals surface area contributed by atoms with Gasteiger partial charge >= 0.3 is 5.97 Å². The average molecular weight is 181 g/mol. The maximum absolute atomic E-state index is 11.0. The van der Waals surface area contributed by atoms with Gasteiger partial charge in [0.1, 0.15) is 0 Å². The van der Waals surface area contributed by atoms with Crippen LogP contribution in [0.1, 0.15) is 6.92 Å². The molecule has 0 saturated carbocycles. The third kappa shape index (κ3) is 3.11. The van der Waals surface area contributed by atoms with Crippen molar-refractivity contribution in [1.82, 2.24) is 0 Å². The molecule has 2 N–H and O–H groups in total. The molecule has 0 atom stereocenters. The molecule has 4 heteroatoms. The number of rotatable bonds is 3. The Balaban J connectivity index is 2.58. The molecule has 0 radical (unpaired) electrons. The second-order valence-electron chi connectivity index (χ2n) is 2.61. The molecule has 0 spiro atoms. The summed E-state index contributed by atoms with van der Waals surface area (Å²) < 4.78 is 6.47. The van der Waals surface area contributed by atoms with Crippen LogP contribution in [0, 0.1) is 0 Å². The molecule has 1 heterocycles. The summed E-state index contributed by atoms with van der Waals surface area (Å²) in [4.78, 5) is 11.0. The number of hydrogen-bond donors (Lipinski definition) is 1. The lowest BCUT2D eigenvalue weighted by Crippen LogP contribution is -2.38. The highest BCUT2D eigenvalue weighted by atomic mass is 16.5. The van der Waals surface area contributed by atoms with E-state index in [0.29, 0.717) is 12.3 Å². The third-order valence-corrected chi connectivity index (χ3v) is 1.50. The van der Waals surface area contributed by atoms with Gasteiger partial charge in [-0.15, -0.1) is 0 Å². The summed E-state index contributed by atoms with van der Waals surface area (Å²) in [6.07, 6.45) is 3.46. The smallest absolute Gasteiger partial charge is 0.372 e. The number of nitrogens with two attached hydrogens (primary N) is 1. The third-order valence-electron chi connectivity index (χ3n) is 1.50. The van der Waals surface area contributed by atoms with Crippen LogP contribution in [0.25, 0.3) is 0 Å². The largest absolute Gasteiger partial charge is 0.461 e. The molecule has 0 bridgehead atoms. The quantitative estimate of drug-likeness (QED) is 0.532. The molecule has 1 aromatic rings.